The molecule has 1 saturated heterocycles. The van der Waals surface area contributed by atoms with E-state index in [-0.39, 0.29) is 11.8 Å². The number of hydrogen-bond donors (Lipinski definition) is 2. The Morgan fingerprint density at radius 1 is 1.00 bits per heavy atom. The highest BCUT2D eigenvalue weighted by atomic mass is 19.1. The van der Waals surface area contributed by atoms with Crippen molar-refractivity contribution in [2.24, 2.45) is 0 Å². The summed E-state index contributed by atoms with van der Waals surface area (Å²) in [5, 5.41) is 3.24. The largest absolute Gasteiger partial charge is 0.368 e. The van der Waals surface area contributed by atoms with Gasteiger partial charge < -0.3 is 16.0 Å². The summed E-state index contributed by atoms with van der Waals surface area (Å²) in [7, 11) is 0. The van der Waals surface area contributed by atoms with Gasteiger partial charge in [-0.25, -0.2) is 4.39 Å². The number of halogens is 1. The first-order valence-corrected chi connectivity index (χ1v) is 10.0. The number of aromatic nitrogens is 3. The second kappa shape index (κ2) is 8.62. The standard InChI is InChI=1S/C22H26FN7/c1-15-7-8-18(16(2)13-15)25-22-27-20(26-21(24)28-22)14-29-9-11-30(12-10-29)19-6-4-3-5-17(19)23/h3-8,13H,9-12,14H2,1-2H3,(H3,24,25,26,27,28). The van der Waals surface area contributed by atoms with E-state index in [2.05, 4.69) is 43.1 Å². The maximum absolute atomic E-state index is 14.0. The third-order valence-corrected chi connectivity index (χ3v) is 5.26. The molecule has 2 heterocycles. The number of nitrogen functional groups attached to an aromatic ring is 1. The van der Waals surface area contributed by atoms with Crippen LogP contribution in [0.4, 0.5) is 27.7 Å². The lowest BCUT2D eigenvalue weighted by atomic mass is 10.1. The molecule has 0 unspecified atom stereocenters. The van der Waals surface area contributed by atoms with Crippen LogP contribution >= 0.6 is 0 Å². The highest BCUT2D eigenvalue weighted by Gasteiger charge is 2.20. The Labute approximate surface area is 175 Å². The minimum atomic E-state index is -0.182. The normalized spacial score (nSPS) is 14.7. The van der Waals surface area contributed by atoms with Crippen LogP contribution in [0.25, 0.3) is 0 Å². The fourth-order valence-electron chi connectivity index (χ4n) is 3.69. The lowest BCUT2D eigenvalue weighted by Gasteiger charge is -2.35. The number of anilines is 4. The lowest BCUT2D eigenvalue weighted by molar-refractivity contribution is 0.243. The van der Waals surface area contributed by atoms with Crippen molar-refractivity contribution in [3.05, 3.63) is 65.2 Å². The molecule has 156 valence electrons. The van der Waals surface area contributed by atoms with Gasteiger partial charge in [0.25, 0.3) is 0 Å². The molecule has 1 fully saturated rings. The van der Waals surface area contributed by atoms with E-state index in [1.165, 1.54) is 11.6 Å². The molecule has 0 radical (unpaired) electrons. The molecule has 4 rings (SSSR count). The van der Waals surface area contributed by atoms with Crippen molar-refractivity contribution in [1.82, 2.24) is 19.9 Å². The Bertz CT molecular complexity index is 1030. The molecular formula is C22H26FN7. The van der Waals surface area contributed by atoms with E-state index in [9.17, 15) is 4.39 Å². The summed E-state index contributed by atoms with van der Waals surface area (Å²) in [4.78, 5) is 17.4. The van der Waals surface area contributed by atoms with Gasteiger partial charge in [-0.3, -0.25) is 4.90 Å². The number of para-hydroxylation sites is 1. The zero-order valence-corrected chi connectivity index (χ0v) is 17.3. The van der Waals surface area contributed by atoms with Gasteiger partial charge >= 0.3 is 0 Å². The molecule has 0 spiro atoms. The van der Waals surface area contributed by atoms with Crippen LogP contribution < -0.4 is 16.0 Å². The number of benzene rings is 2. The quantitative estimate of drug-likeness (QED) is 0.672. The van der Waals surface area contributed by atoms with E-state index in [0.717, 1.165) is 37.4 Å². The highest BCUT2D eigenvalue weighted by Crippen LogP contribution is 2.22. The van der Waals surface area contributed by atoms with Crippen LogP contribution in [0.1, 0.15) is 17.0 Å². The molecule has 7 nitrogen and oxygen atoms in total. The van der Waals surface area contributed by atoms with E-state index < -0.39 is 0 Å². The van der Waals surface area contributed by atoms with E-state index >= 15 is 0 Å². The Balaban J connectivity index is 1.41. The average molecular weight is 407 g/mol. The SMILES string of the molecule is Cc1ccc(Nc2nc(N)nc(CN3CCN(c4ccccc4F)CC3)n2)c(C)c1. The van der Waals surface area contributed by atoms with Gasteiger partial charge in [0.1, 0.15) is 11.6 Å². The van der Waals surface area contributed by atoms with Crippen molar-refractivity contribution in [3.8, 4) is 0 Å². The van der Waals surface area contributed by atoms with Gasteiger partial charge in [0.15, 0.2) is 0 Å². The fourth-order valence-corrected chi connectivity index (χ4v) is 3.69. The van der Waals surface area contributed by atoms with Gasteiger partial charge in [-0.1, -0.05) is 29.8 Å². The van der Waals surface area contributed by atoms with Crippen molar-refractivity contribution < 1.29 is 4.39 Å². The number of aryl methyl sites for hydroxylation is 2. The second-order valence-corrected chi connectivity index (χ2v) is 7.59. The highest BCUT2D eigenvalue weighted by molar-refractivity contribution is 5.59. The van der Waals surface area contributed by atoms with Gasteiger partial charge in [-0.05, 0) is 37.6 Å². The molecule has 30 heavy (non-hydrogen) atoms. The molecule has 0 saturated carbocycles. The second-order valence-electron chi connectivity index (χ2n) is 7.59. The topological polar surface area (TPSA) is 83.2 Å². The summed E-state index contributed by atoms with van der Waals surface area (Å²) >= 11 is 0. The summed E-state index contributed by atoms with van der Waals surface area (Å²) < 4.78 is 14.0. The molecule has 0 aliphatic carbocycles. The molecule has 8 heteroatoms. The Morgan fingerprint density at radius 3 is 2.50 bits per heavy atom. The molecule has 3 aromatic rings. The predicted octanol–water partition coefficient (Wildman–Crippen LogP) is 3.28. The number of nitrogens with two attached hydrogens (primary N) is 1. The molecule has 2 aromatic carbocycles. The first-order valence-electron chi connectivity index (χ1n) is 10.0. The molecule has 1 aliphatic heterocycles. The van der Waals surface area contributed by atoms with Crippen molar-refractivity contribution >= 4 is 23.3 Å². The minimum absolute atomic E-state index is 0.182. The number of hydrogen-bond acceptors (Lipinski definition) is 7. The minimum Gasteiger partial charge on any atom is -0.368 e. The monoisotopic (exact) mass is 407 g/mol. The fraction of sp³-hybridized carbons (Fsp3) is 0.318. The van der Waals surface area contributed by atoms with E-state index in [1.54, 1.807) is 6.07 Å². The average Bonchev–Trinajstić information content (AvgIpc) is 2.71. The van der Waals surface area contributed by atoms with Crippen molar-refractivity contribution in [1.29, 1.82) is 0 Å². The van der Waals surface area contributed by atoms with Gasteiger partial charge in [0.2, 0.25) is 11.9 Å². The van der Waals surface area contributed by atoms with E-state index in [4.69, 9.17) is 5.73 Å². The maximum atomic E-state index is 14.0. The van der Waals surface area contributed by atoms with E-state index in [1.807, 2.05) is 31.2 Å². The smallest absolute Gasteiger partial charge is 0.232 e. The molecule has 0 bridgehead atoms. The third kappa shape index (κ3) is 4.65. The summed E-state index contributed by atoms with van der Waals surface area (Å²) in [6.07, 6.45) is 0. The van der Waals surface area contributed by atoms with E-state index in [0.29, 0.717) is 24.0 Å². The van der Waals surface area contributed by atoms with Gasteiger partial charge in [-0.2, -0.15) is 15.0 Å². The number of rotatable bonds is 5. The Morgan fingerprint density at radius 2 is 1.77 bits per heavy atom. The lowest BCUT2D eigenvalue weighted by Crippen LogP contribution is -2.46. The van der Waals surface area contributed by atoms with Gasteiger partial charge in [0.05, 0.1) is 12.2 Å². The summed E-state index contributed by atoms with van der Waals surface area (Å²) in [5.74, 6) is 1.07. The molecular weight excluding hydrogens is 381 g/mol. The van der Waals surface area contributed by atoms with Crippen LogP contribution in [0, 0.1) is 19.7 Å². The maximum Gasteiger partial charge on any atom is 0.232 e. The first-order chi connectivity index (χ1) is 14.5. The Kier molecular flexibility index (Phi) is 5.76. The Hall–Kier alpha value is -3.26. The van der Waals surface area contributed by atoms with Gasteiger partial charge in [0, 0.05) is 31.9 Å². The van der Waals surface area contributed by atoms with Gasteiger partial charge in [-0.15, -0.1) is 0 Å². The molecule has 0 amide bonds. The van der Waals surface area contributed by atoms with Crippen LogP contribution in [0.15, 0.2) is 42.5 Å². The van der Waals surface area contributed by atoms with Crippen molar-refractivity contribution in [2.75, 3.05) is 42.1 Å². The first kappa shape index (κ1) is 20.0. The zero-order chi connectivity index (χ0) is 21.1. The summed E-state index contributed by atoms with van der Waals surface area (Å²) in [6.45, 7) is 7.74. The van der Waals surface area contributed by atoms with Crippen molar-refractivity contribution in [2.45, 2.75) is 20.4 Å². The summed E-state index contributed by atoms with van der Waals surface area (Å²) in [5.41, 5.74) is 9.83. The predicted molar refractivity (Wildman–Crippen MR) is 117 cm³/mol. The third-order valence-electron chi connectivity index (χ3n) is 5.26. The zero-order valence-electron chi connectivity index (χ0n) is 17.3. The molecule has 1 aromatic heterocycles. The molecule has 0 atom stereocenters. The van der Waals surface area contributed by atoms with Crippen LogP contribution in [0.3, 0.4) is 0 Å². The summed E-state index contributed by atoms with van der Waals surface area (Å²) in [6, 6.07) is 13.0. The number of nitrogens with one attached hydrogen (secondary N) is 1. The van der Waals surface area contributed by atoms with Crippen LogP contribution in [-0.4, -0.2) is 46.0 Å². The molecule has 1 aliphatic rings. The molecule has 3 N–H and O–H groups in total. The van der Waals surface area contributed by atoms with Crippen LogP contribution in [0.2, 0.25) is 0 Å². The van der Waals surface area contributed by atoms with Crippen molar-refractivity contribution in [3.63, 3.8) is 0 Å². The number of nitrogens with zero attached hydrogens (tertiary/aromatic N) is 5. The van der Waals surface area contributed by atoms with Crippen LogP contribution in [0.5, 0.6) is 0 Å². The number of piperazine rings is 1. The van der Waals surface area contributed by atoms with Crippen LogP contribution in [-0.2, 0) is 6.54 Å².